The molecule has 3 aromatic rings. The second kappa shape index (κ2) is 3.81. The third kappa shape index (κ3) is 1.99. The van der Waals surface area contributed by atoms with Gasteiger partial charge in [0, 0.05) is 23.3 Å². The molecule has 0 aliphatic heterocycles. The molecule has 1 N–H and O–H groups in total. The Bertz CT molecular complexity index is 624. The van der Waals surface area contributed by atoms with Gasteiger partial charge in [0.2, 0.25) is 5.13 Å². The van der Waals surface area contributed by atoms with E-state index in [9.17, 15) is 4.39 Å². The number of fused-ring (bicyclic) bond motifs is 1. The van der Waals surface area contributed by atoms with Gasteiger partial charge in [0.05, 0.1) is 5.69 Å². The Balaban J connectivity index is 1.89. The van der Waals surface area contributed by atoms with Gasteiger partial charge < -0.3 is 5.32 Å². The Morgan fingerprint density at radius 2 is 2.06 bits per heavy atom. The molecule has 17 heavy (non-hydrogen) atoms. The third-order valence-electron chi connectivity index (χ3n) is 2.27. The molecule has 0 amide bonds. The highest BCUT2D eigenvalue weighted by molar-refractivity contribution is 7.10. The lowest BCUT2D eigenvalue weighted by atomic mass is 10.3. The molecule has 3 rings (SSSR count). The van der Waals surface area contributed by atoms with Gasteiger partial charge in [-0.15, -0.1) is 0 Å². The number of nitrogens with zero attached hydrogens (tertiary/aromatic N) is 3. The summed E-state index contributed by atoms with van der Waals surface area (Å²) in [6.45, 7) is 1.93. The molecule has 0 saturated carbocycles. The van der Waals surface area contributed by atoms with E-state index in [1.807, 2.05) is 13.0 Å². The minimum absolute atomic E-state index is 0.250. The van der Waals surface area contributed by atoms with Gasteiger partial charge >= 0.3 is 0 Å². The number of hydrogen-bond donors (Lipinski definition) is 1. The molecule has 2 heterocycles. The largest absolute Gasteiger partial charge is 0.330 e. The number of hydrogen-bond acceptors (Lipinski definition) is 4. The number of benzene rings is 1. The maximum Gasteiger partial charge on any atom is 0.207 e. The Hall–Kier alpha value is -1.95. The average Bonchev–Trinajstić information content (AvgIpc) is 2.78. The molecular formula is C11H9FN4S. The lowest BCUT2D eigenvalue weighted by molar-refractivity contribution is 0.628. The summed E-state index contributed by atoms with van der Waals surface area (Å²) >= 11 is 1.41. The van der Waals surface area contributed by atoms with Gasteiger partial charge in [-0.05, 0) is 31.2 Å². The zero-order valence-corrected chi connectivity index (χ0v) is 9.83. The zero-order valence-electron chi connectivity index (χ0n) is 9.01. The molecule has 6 heteroatoms. The quantitative estimate of drug-likeness (QED) is 0.758. The summed E-state index contributed by atoms with van der Waals surface area (Å²) in [6, 6.07) is 8.07. The van der Waals surface area contributed by atoms with E-state index in [2.05, 4.69) is 15.4 Å². The predicted molar refractivity (Wildman–Crippen MR) is 65.3 cm³/mol. The van der Waals surface area contributed by atoms with Gasteiger partial charge in [-0.1, -0.05) is 0 Å². The van der Waals surface area contributed by atoms with E-state index < -0.39 is 0 Å². The maximum atomic E-state index is 12.7. The first-order valence-electron chi connectivity index (χ1n) is 5.07. The van der Waals surface area contributed by atoms with Gasteiger partial charge in [-0.25, -0.2) is 4.39 Å². The van der Waals surface area contributed by atoms with E-state index in [4.69, 9.17) is 0 Å². The van der Waals surface area contributed by atoms with Gasteiger partial charge in [-0.2, -0.15) is 14.0 Å². The molecule has 86 valence electrons. The lowest BCUT2D eigenvalue weighted by Gasteiger charge is -2.00. The molecule has 0 aliphatic rings. The van der Waals surface area contributed by atoms with Crippen molar-refractivity contribution in [2.75, 3.05) is 5.32 Å². The van der Waals surface area contributed by atoms with Crippen LogP contribution in [-0.2, 0) is 0 Å². The number of aromatic nitrogens is 3. The topological polar surface area (TPSA) is 42.2 Å². The van der Waals surface area contributed by atoms with Crippen LogP contribution in [0.1, 0.15) is 5.69 Å². The highest BCUT2D eigenvalue weighted by atomic mass is 32.1. The minimum atomic E-state index is -0.250. The van der Waals surface area contributed by atoms with Crippen molar-refractivity contribution < 1.29 is 4.39 Å². The van der Waals surface area contributed by atoms with Crippen molar-refractivity contribution in [3.05, 3.63) is 41.8 Å². The molecule has 0 atom stereocenters. The molecule has 0 radical (unpaired) electrons. The van der Waals surface area contributed by atoms with Crippen molar-refractivity contribution in [1.29, 1.82) is 0 Å². The third-order valence-corrected chi connectivity index (χ3v) is 3.07. The van der Waals surface area contributed by atoms with Crippen LogP contribution in [0, 0.1) is 12.7 Å². The highest BCUT2D eigenvalue weighted by Crippen LogP contribution is 2.21. The van der Waals surface area contributed by atoms with Crippen LogP contribution in [0.15, 0.2) is 30.3 Å². The van der Waals surface area contributed by atoms with E-state index in [1.54, 1.807) is 16.0 Å². The summed E-state index contributed by atoms with van der Waals surface area (Å²) in [5.41, 5.74) is 2.56. The first-order chi connectivity index (χ1) is 8.20. The van der Waals surface area contributed by atoms with Crippen molar-refractivity contribution in [2.24, 2.45) is 0 Å². The van der Waals surface area contributed by atoms with Crippen LogP contribution in [0.4, 0.5) is 15.2 Å². The van der Waals surface area contributed by atoms with Crippen LogP contribution < -0.4 is 5.32 Å². The Labute approximate surface area is 101 Å². The van der Waals surface area contributed by atoms with Gasteiger partial charge in [-0.3, -0.25) is 0 Å². The SMILES string of the molecule is Cc1cc2nc(Nc3ccc(F)cc3)sn2n1. The second-order valence-corrected chi connectivity index (χ2v) is 4.57. The fraction of sp³-hybridized carbons (Fsp3) is 0.0909. The molecule has 0 spiro atoms. The normalized spacial score (nSPS) is 10.9. The molecule has 0 saturated heterocycles. The summed E-state index contributed by atoms with van der Waals surface area (Å²) < 4.78 is 14.5. The minimum Gasteiger partial charge on any atom is -0.330 e. The van der Waals surface area contributed by atoms with E-state index in [0.717, 1.165) is 22.2 Å². The summed E-state index contributed by atoms with van der Waals surface area (Å²) in [6.07, 6.45) is 0. The van der Waals surface area contributed by atoms with Crippen LogP contribution in [-0.4, -0.2) is 14.0 Å². The van der Waals surface area contributed by atoms with Crippen LogP contribution in [0.5, 0.6) is 0 Å². The van der Waals surface area contributed by atoms with E-state index >= 15 is 0 Å². The summed E-state index contributed by atoms with van der Waals surface area (Å²) in [5, 5.41) is 8.10. The Kier molecular flexibility index (Phi) is 2.29. The molecule has 4 nitrogen and oxygen atoms in total. The zero-order chi connectivity index (χ0) is 11.8. The first-order valence-corrected chi connectivity index (χ1v) is 5.84. The van der Waals surface area contributed by atoms with Gasteiger partial charge in [0.25, 0.3) is 0 Å². The van der Waals surface area contributed by atoms with Crippen LogP contribution in [0.25, 0.3) is 5.65 Å². The molecule has 2 aromatic heterocycles. The standard InChI is InChI=1S/C11H9FN4S/c1-7-6-10-14-11(17-16(10)15-7)13-9-4-2-8(12)3-5-9/h2-6H,1H3,(H,13,14). The number of anilines is 2. The fourth-order valence-electron chi connectivity index (χ4n) is 1.52. The van der Waals surface area contributed by atoms with Crippen molar-refractivity contribution in [3.8, 4) is 0 Å². The first kappa shape index (κ1) is 10.2. The molecule has 0 aliphatic carbocycles. The van der Waals surface area contributed by atoms with Crippen molar-refractivity contribution >= 4 is 28.0 Å². The van der Waals surface area contributed by atoms with E-state index in [-0.39, 0.29) is 5.82 Å². The van der Waals surface area contributed by atoms with Crippen molar-refractivity contribution in [3.63, 3.8) is 0 Å². The second-order valence-electron chi connectivity index (χ2n) is 3.66. The highest BCUT2D eigenvalue weighted by Gasteiger charge is 2.06. The van der Waals surface area contributed by atoms with Crippen LogP contribution >= 0.6 is 11.5 Å². The van der Waals surface area contributed by atoms with Gasteiger partial charge in [0.15, 0.2) is 5.65 Å². The van der Waals surface area contributed by atoms with E-state index in [0.29, 0.717) is 0 Å². The summed E-state index contributed by atoms with van der Waals surface area (Å²) in [5.74, 6) is -0.250. The predicted octanol–water partition coefficient (Wildman–Crippen LogP) is 2.98. The van der Waals surface area contributed by atoms with Crippen LogP contribution in [0.2, 0.25) is 0 Å². The smallest absolute Gasteiger partial charge is 0.207 e. The lowest BCUT2D eigenvalue weighted by Crippen LogP contribution is -1.88. The number of aryl methyl sites for hydroxylation is 1. The molecular weight excluding hydrogens is 239 g/mol. The van der Waals surface area contributed by atoms with Gasteiger partial charge in [0.1, 0.15) is 5.82 Å². The number of rotatable bonds is 2. The van der Waals surface area contributed by atoms with Crippen molar-refractivity contribution in [2.45, 2.75) is 6.92 Å². The number of nitrogens with one attached hydrogen (secondary N) is 1. The summed E-state index contributed by atoms with van der Waals surface area (Å²) in [7, 11) is 0. The van der Waals surface area contributed by atoms with Crippen LogP contribution in [0.3, 0.4) is 0 Å². The molecule has 0 unspecified atom stereocenters. The molecule has 0 fully saturated rings. The number of halogens is 1. The monoisotopic (exact) mass is 248 g/mol. The summed E-state index contributed by atoms with van der Waals surface area (Å²) in [4.78, 5) is 4.37. The Morgan fingerprint density at radius 1 is 1.29 bits per heavy atom. The fourth-order valence-corrected chi connectivity index (χ4v) is 2.34. The maximum absolute atomic E-state index is 12.7. The Morgan fingerprint density at radius 3 is 2.76 bits per heavy atom. The van der Waals surface area contributed by atoms with Crippen molar-refractivity contribution in [1.82, 2.24) is 14.0 Å². The average molecular weight is 248 g/mol. The molecule has 1 aromatic carbocycles. The van der Waals surface area contributed by atoms with E-state index in [1.165, 1.54) is 23.7 Å². The molecule has 0 bridgehead atoms.